The lowest BCUT2D eigenvalue weighted by atomic mass is 10.1. The minimum Gasteiger partial charge on any atom is -0.301 e. The molecule has 0 saturated heterocycles. The van der Waals surface area contributed by atoms with Crippen molar-refractivity contribution in [1.29, 1.82) is 0 Å². The van der Waals surface area contributed by atoms with Crippen molar-refractivity contribution in [3.8, 4) is 0 Å². The third-order valence-electron chi connectivity index (χ3n) is 2.98. The smallest absolute Gasteiger partial charge is 0.239 e. The molecule has 1 atom stereocenters. The lowest BCUT2D eigenvalue weighted by Gasteiger charge is -2.06. The number of aromatic nitrogens is 1. The van der Waals surface area contributed by atoms with E-state index < -0.39 is 0 Å². The number of thiazole rings is 1. The molecule has 0 aliphatic heterocycles. The van der Waals surface area contributed by atoms with Crippen LogP contribution in [-0.2, 0) is 11.2 Å². The van der Waals surface area contributed by atoms with Crippen molar-refractivity contribution in [1.82, 2.24) is 4.98 Å². The molecule has 0 radical (unpaired) electrons. The van der Waals surface area contributed by atoms with Gasteiger partial charge < -0.3 is 5.32 Å². The van der Waals surface area contributed by atoms with Crippen LogP contribution in [0.5, 0.6) is 0 Å². The maximum atomic E-state index is 12.0. The van der Waals surface area contributed by atoms with Gasteiger partial charge in [-0.25, -0.2) is 4.98 Å². The molecule has 1 heterocycles. The molecule has 3 nitrogen and oxygen atoms in total. The quantitative estimate of drug-likeness (QED) is 0.746. The summed E-state index contributed by atoms with van der Waals surface area (Å²) in [6.07, 6.45) is 2.63. The largest absolute Gasteiger partial charge is 0.301 e. The number of amides is 1. The standard InChI is InChI=1S/C14H16BrClN2OS/c1-3-5-10(15)13(19)18-14-17-12-8(4-2)6-9(16)7-11(12)20-14/h6-7,10H,3-5H2,1-2H3,(H,17,18,19). The van der Waals surface area contributed by atoms with E-state index in [9.17, 15) is 4.79 Å². The topological polar surface area (TPSA) is 42.0 Å². The van der Waals surface area contributed by atoms with Gasteiger partial charge in [0.05, 0.1) is 15.0 Å². The number of hydrogen-bond acceptors (Lipinski definition) is 3. The zero-order valence-corrected chi connectivity index (χ0v) is 14.5. The predicted octanol–water partition coefficient (Wildman–Crippen LogP) is 5.01. The molecule has 6 heteroatoms. The van der Waals surface area contributed by atoms with E-state index in [2.05, 4.69) is 40.1 Å². The Kier molecular flexibility index (Phi) is 5.41. The molecule has 2 rings (SSSR count). The zero-order valence-electron chi connectivity index (χ0n) is 11.4. The highest BCUT2D eigenvalue weighted by molar-refractivity contribution is 9.10. The van der Waals surface area contributed by atoms with Crippen LogP contribution < -0.4 is 5.32 Å². The number of halogens is 2. The Bertz CT molecular complexity index is 629. The second-order valence-electron chi connectivity index (χ2n) is 4.53. The molecule has 0 aliphatic carbocycles. The molecule has 2 aromatic rings. The summed E-state index contributed by atoms with van der Waals surface area (Å²) in [7, 11) is 0. The number of benzene rings is 1. The first-order chi connectivity index (χ1) is 9.55. The Hall–Kier alpha value is -0.650. The predicted molar refractivity (Wildman–Crippen MR) is 90.3 cm³/mol. The molecule has 0 saturated carbocycles. The fourth-order valence-corrected chi connectivity index (χ4v) is 3.79. The van der Waals surface area contributed by atoms with E-state index in [4.69, 9.17) is 11.6 Å². The molecule has 108 valence electrons. The maximum absolute atomic E-state index is 12.0. The normalized spacial score (nSPS) is 12.6. The monoisotopic (exact) mass is 374 g/mol. The molecule has 1 unspecified atom stereocenters. The summed E-state index contributed by atoms with van der Waals surface area (Å²) in [6.45, 7) is 4.12. The molecule has 0 spiro atoms. The van der Waals surface area contributed by atoms with Gasteiger partial charge in [0.25, 0.3) is 0 Å². The minimum atomic E-state index is -0.172. The van der Waals surface area contributed by atoms with Gasteiger partial charge in [-0.15, -0.1) is 0 Å². The zero-order chi connectivity index (χ0) is 14.7. The van der Waals surface area contributed by atoms with Crippen LogP contribution in [0, 0.1) is 0 Å². The Morgan fingerprint density at radius 3 is 2.90 bits per heavy atom. The van der Waals surface area contributed by atoms with Crippen LogP contribution in [0.2, 0.25) is 5.02 Å². The number of aryl methyl sites for hydroxylation is 1. The number of carbonyl (C=O) groups is 1. The minimum absolute atomic E-state index is 0.0462. The van der Waals surface area contributed by atoms with Gasteiger partial charge in [-0.05, 0) is 30.5 Å². The number of anilines is 1. The van der Waals surface area contributed by atoms with E-state index in [0.29, 0.717) is 10.2 Å². The first-order valence-electron chi connectivity index (χ1n) is 6.59. The average molecular weight is 376 g/mol. The summed E-state index contributed by atoms with van der Waals surface area (Å²) < 4.78 is 1.01. The molecule has 1 amide bonds. The number of alkyl halides is 1. The van der Waals surface area contributed by atoms with Gasteiger partial charge in [0.1, 0.15) is 0 Å². The fourth-order valence-electron chi connectivity index (χ4n) is 1.95. The molecular formula is C14H16BrClN2OS. The molecule has 0 aliphatic rings. The molecular weight excluding hydrogens is 360 g/mol. The summed E-state index contributed by atoms with van der Waals surface area (Å²) >= 11 is 10.9. The number of fused-ring (bicyclic) bond motifs is 1. The van der Waals surface area contributed by atoms with Crippen molar-refractivity contribution in [3.05, 3.63) is 22.7 Å². The van der Waals surface area contributed by atoms with Crippen molar-refractivity contribution >= 4 is 60.1 Å². The van der Waals surface area contributed by atoms with Crippen LogP contribution in [0.3, 0.4) is 0 Å². The van der Waals surface area contributed by atoms with E-state index >= 15 is 0 Å². The summed E-state index contributed by atoms with van der Waals surface area (Å²) in [5.41, 5.74) is 2.03. The van der Waals surface area contributed by atoms with Gasteiger partial charge in [0, 0.05) is 5.02 Å². The molecule has 1 N–H and O–H groups in total. The Morgan fingerprint density at radius 2 is 2.25 bits per heavy atom. The molecule has 0 fully saturated rings. The third kappa shape index (κ3) is 3.51. The van der Waals surface area contributed by atoms with Gasteiger partial charge in [0.2, 0.25) is 5.91 Å². The van der Waals surface area contributed by atoms with Crippen LogP contribution in [0.4, 0.5) is 5.13 Å². The summed E-state index contributed by atoms with van der Waals surface area (Å²) in [5, 5.41) is 4.20. The van der Waals surface area contributed by atoms with Gasteiger partial charge in [-0.3, -0.25) is 4.79 Å². The maximum Gasteiger partial charge on any atom is 0.239 e. The van der Waals surface area contributed by atoms with Crippen molar-refractivity contribution < 1.29 is 4.79 Å². The van der Waals surface area contributed by atoms with Crippen LogP contribution in [0.1, 0.15) is 32.3 Å². The van der Waals surface area contributed by atoms with Gasteiger partial charge in [-0.1, -0.05) is 59.1 Å². The second-order valence-corrected chi connectivity index (χ2v) is 7.10. The Morgan fingerprint density at radius 1 is 1.50 bits per heavy atom. The molecule has 20 heavy (non-hydrogen) atoms. The summed E-state index contributed by atoms with van der Waals surface area (Å²) in [5.74, 6) is -0.0462. The van der Waals surface area contributed by atoms with Crippen LogP contribution >= 0.6 is 38.9 Å². The lowest BCUT2D eigenvalue weighted by Crippen LogP contribution is -2.22. The number of rotatable bonds is 5. The number of nitrogens with one attached hydrogen (secondary N) is 1. The van der Waals surface area contributed by atoms with Gasteiger partial charge in [0.15, 0.2) is 5.13 Å². The van der Waals surface area contributed by atoms with E-state index in [0.717, 1.165) is 35.0 Å². The highest BCUT2D eigenvalue weighted by atomic mass is 79.9. The van der Waals surface area contributed by atoms with Gasteiger partial charge in [-0.2, -0.15) is 0 Å². The van der Waals surface area contributed by atoms with E-state index in [-0.39, 0.29) is 10.7 Å². The third-order valence-corrected chi connectivity index (χ3v) is 4.99. The Balaban J connectivity index is 2.26. The van der Waals surface area contributed by atoms with Crippen molar-refractivity contribution in [2.45, 2.75) is 37.9 Å². The summed E-state index contributed by atoms with van der Waals surface area (Å²) in [4.78, 5) is 16.3. The van der Waals surface area contributed by atoms with Crippen molar-refractivity contribution in [2.75, 3.05) is 5.32 Å². The van der Waals surface area contributed by atoms with Crippen LogP contribution in [-0.4, -0.2) is 15.7 Å². The van der Waals surface area contributed by atoms with Gasteiger partial charge >= 0.3 is 0 Å². The van der Waals surface area contributed by atoms with Crippen molar-refractivity contribution in [3.63, 3.8) is 0 Å². The van der Waals surface area contributed by atoms with E-state index in [1.807, 2.05) is 12.1 Å². The summed E-state index contributed by atoms with van der Waals surface area (Å²) in [6, 6.07) is 3.82. The second kappa shape index (κ2) is 6.87. The first kappa shape index (κ1) is 15.7. The highest BCUT2D eigenvalue weighted by Crippen LogP contribution is 2.31. The highest BCUT2D eigenvalue weighted by Gasteiger charge is 2.16. The van der Waals surface area contributed by atoms with E-state index in [1.165, 1.54) is 11.3 Å². The SMILES string of the molecule is CCCC(Br)C(=O)Nc1nc2c(CC)cc(Cl)cc2s1. The number of carbonyl (C=O) groups excluding carboxylic acids is 1. The lowest BCUT2D eigenvalue weighted by molar-refractivity contribution is -0.115. The van der Waals surface area contributed by atoms with Crippen LogP contribution in [0.25, 0.3) is 10.2 Å². The number of nitrogens with zero attached hydrogens (tertiary/aromatic N) is 1. The fraction of sp³-hybridized carbons (Fsp3) is 0.429. The average Bonchev–Trinajstić information content (AvgIpc) is 2.79. The molecule has 1 aromatic heterocycles. The van der Waals surface area contributed by atoms with E-state index in [1.54, 1.807) is 0 Å². The first-order valence-corrected chi connectivity index (χ1v) is 8.70. The molecule has 0 bridgehead atoms. The number of hydrogen-bond donors (Lipinski definition) is 1. The Labute approximate surface area is 135 Å². The molecule has 1 aromatic carbocycles. The van der Waals surface area contributed by atoms with Crippen LogP contribution in [0.15, 0.2) is 12.1 Å². The van der Waals surface area contributed by atoms with Crippen molar-refractivity contribution in [2.24, 2.45) is 0 Å².